The van der Waals surface area contributed by atoms with Gasteiger partial charge in [-0.1, -0.05) is 18.9 Å². The lowest BCUT2D eigenvalue weighted by molar-refractivity contribution is -0.125. The molecule has 0 aromatic heterocycles. The lowest BCUT2D eigenvalue weighted by atomic mass is 9.54. The normalized spacial score (nSPS) is 27.7. The molecule has 28 heavy (non-hydrogen) atoms. The van der Waals surface area contributed by atoms with Crippen LogP contribution in [0.2, 0.25) is 0 Å². The van der Waals surface area contributed by atoms with Crippen molar-refractivity contribution >= 4 is 29.9 Å². The molecule has 3 unspecified atom stereocenters. The number of fused-ring (bicyclic) bond motifs is 2. The van der Waals surface area contributed by atoms with Gasteiger partial charge >= 0.3 is 0 Å². The van der Waals surface area contributed by atoms with E-state index in [1.165, 1.54) is 38.9 Å². The third-order valence-electron chi connectivity index (χ3n) is 6.78. The molecular weight excluding hydrogens is 472 g/mol. The SMILES string of the molecule is CN=C(NC1C2CCOC2C12CCCC2)N(C)Cc1ccc(OC)c(F)c1.I. The monoisotopic (exact) mass is 503 g/mol. The summed E-state index contributed by atoms with van der Waals surface area (Å²) in [5, 5.41) is 3.74. The molecule has 0 bridgehead atoms. The number of benzene rings is 1. The lowest BCUT2D eigenvalue weighted by Crippen LogP contribution is -2.69. The summed E-state index contributed by atoms with van der Waals surface area (Å²) in [5.74, 6) is 1.40. The number of nitrogens with zero attached hydrogens (tertiary/aromatic N) is 2. The molecule has 0 amide bonds. The van der Waals surface area contributed by atoms with E-state index in [9.17, 15) is 4.39 Å². The third-order valence-corrected chi connectivity index (χ3v) is 6.78. The molecule has 1 saturated heterocycles. The molecule has 1 heterocycles. The van der Waals surface area contributed by atoms with Gasteiger partial charge < -0.3 is 19.7 Å². The first-order valence-electron chi connectivity index (χ1n) is 9.97. The van der Waals surface area contributed by atoms with Crippen LogP contribution in [-0.4, -0.2) is 50.8 Å². The number of hydrogen-bond acceptors (Lipinski definition) is 3. The van der Waals surface area contributed by atoms with E-state index in [1.54, 1.807) is 6.07 Å². The average molecular weight is 503 g/mol. The van der Waals surface area contributed by atoms with Crippen molar-refractivity contribution in [2.75, 3.05) is 27.8 Å². The van der Waals surface area contributed by atoms with Crippen LogP contribution in [0.15, 0.2) is 23.2 Å². The minimum Gasteiger partial charge on any atom is -0.494 e. The lowest BCUT2D eigenvalue weighted by Gasteiger charge is -2.57. The van der Waals surface area contributed by atoms with E-state index in [0.29, 0.717) is 24.6 Å². The van der Waals surface area contributed by atoms with Crippen LogP contribution >= 0.6 is 24.0 Å². The highest BCUT2D eigenvalue weighted by molar-refractivity contribution is 14.0. The fourth-order valence-electron chi connectivity index (χ4n) is 5.55. The molecule has 7 heteroatoms. The maximum Gasteiger partial charge on any atom is 0.193 e. The molecule has 3 aliphatic rings. The maximum atomic E-state index is 14.0. The molecule has 156 valence electrons. The molecule has 4 rings (SSSR count). The summed E-state index contributed by atoms with van der Waals surface area (Å²) in [7, 11) is 5.30. The summed E-state index contributed by atoms with van der Waals surface area (Å²) >= 11 is 0. The van der Waals surface area contributed by atoms with Gasteiger partial charge in [-0.15, -0.1) is 24.0 Å². The topological polar surface area (TPSA) is 46.1 Å². The van der Waals surface area contributed by atoms with Crippen molar-refractivity contribution < 1.29 is 13.9 Å². The van der Waals surface area contributed by atoms with E-state index in [2.05, 4.69) is 15.2 Å². The average Bonchev–Trinajstić information content (AvgIpc) is 3.31. The van der Waals surface area contributed by atoms with Gasteiger partial charge in [0.1, 0.15) is 0 Å². The Kier molecular flexibility index (Phi) is 6.74. The van der Waals surface area contributed by atoms with Gasteiger partial charge in [-0.3, -0.25) is 4.99 Å². The smallest absolute Gasteiger partial charge is 0.193 e. The minimum atomic E-state index is -0.332. The molecule has 1 N–H and O–H groups in total. The Bertz CT molecular complexity index is 724. The Morgan fingerprint density at radius 1 is 1.39 bits per heavy atom. The van der Waals surface area contributed by atoms with E-state index >= 15 is 0 Å². The highest BCUT2D eigenvalue weighted by Crippen LogP contribution is 2.60. The summed E-state index contributed by atoms with van der Waals surface area (Å²) < 4.78 is 25.1. The number of rotatable bonds is 4. The molecule has 1 aliphatic heterocycles. The third kappa shape index (κ3) is 3.60. The number of hydrogen-bond donors (Lipinski definition) is 1. The van der Waals surface area contributed by atoms with Crippen molar-refractivity contribution in [1.29, 1.82) is 0 Å². The van der Waals surface area contributed by atoms with Gasteiger partial charge in [0.05, 0.1) is 13.2 Å². The highest BCUT2D eigenvalue weighted by atomic mass is 127. The van der Waals surface area contributed by atoms with Crippen LogP contribution in [0.1, 0.15) is 37.7 Å². The van der Waals surface area contributed by atoms with Gasteiger partial charge in [-0.25, -0.2) is 4.39 Å². The van der Waals surface area contributed by atoms with Crippen LogP contribution in [0.25, 0.3) is 0 Å². The van der Waals surface area contributed by atoms with Crippen molar-refractivity contribution in [3.8, 4) is 5.75 Å². The predicted molar refractivity (Wildman–Crippen MR) is 119 cm³/mol. The van der Waals surface area contributed by atoms with Crippen molar-refractivity contribution in [2.45, 2.75) is 50.8 Å². The molecule has 0 radical (unpaired) electrons. The Morgan fingerprint density at radius 3 is 2.79 bits per heavy atom. The predicted octanol–water partition coefficient (Wildman–Crippen LogP) is 3.81. The van der Waals surface area contributed by atoms with Crippen LogP contribution in [-0.2, 0) is 11.3 Å². The van der Waals surface area contributed by atoms with Crippen molar-refractivity contribution in [1.82, 2.24) is 10.2 Å². The summed E-state index contributed by atoms with van der Waals surface area (Å²) in [5.41, 5.74) is 1.18. The molecule has 2 saturated carbocycles. The number of nitrogens with one attached hydrogen (secondary N) is 1. The zero-order chi connectivity index (χ0) is 19.0. The van der Waals surface area contributed by atoms with E-state index in [0.717, 1.165) is 24.6 Å². The first-order valence-corrected chi connectivity index (χ1v) is 9.97. The zero-order valence-electron chi connectivity index (χ0n) is 16.9. The van der Waals surface area contributed by atoms with Gasteiger partial charge in [0.15, 0.2) is 17.5 Å². The highest BCUT2D eigenvalue weighted by Gasteiger charge is 2.65. The number of aliphatic imine (C=N–C) groups is 1. The minimum absolute atomic E-state index is 0. The summed E-state index contributed by atoms with van der Waals surface area (Å²) in [6.45, 7) is 1.47. The second kappa shape index (κ2) is 8.73. The van der Waals surface area contributed by atoms with E-state index < -0.39 is 0 Å². The number of guanidine groups is 1. The molecule has 3 atom stereocenters. The van der Waals surface area contributed by atoms with Gasteiger partial charge in [-0.2, -0.15) is 0 Å². The molecule has 1 aromatic carbocycles. The van der Waals surface area contributed by atoms with Crippen molar-refractivity contribution in [3.05, 3.63) is 29.6 Å². The Morgan fingerprint density at radius 2 is 2.14 bits per heavy atom. The van der Waals surface area contributed by atoms with Gasteiger partial charge in [0.2, 0.25) is 0 Å². The van der Waals surface area contributed by atoms with Crippen LogP contribution in [0.4, 0.5) is 4.39 Å². The second-order valence-electron chi connectivity index (χ2n) is 8.18. The van der Waals surface area contributed by atoms with Gasteiger partial charge in [0.25, 0.3) is 0 Å². The van der Waals surface area contributed by atoms with Crippen LogP contribution < -0.4 is 10.1 Å². The summed E-state index contributed by atoms with van der Waals surface area (Å²) in [4.78, 5) is 6.57. The standard InChI is InChI=1S/C21H30FN3O2.HI/c1-23-20(25(2)13-14-6-7-17(26-3)16(22)12-14)24-18-15-8-11-27-19(15)21(18)9-4-5-10-21;/h6-7,12,15,18-19H,4-5,8-11,13H2,1-3H3,(H,23,24);1H. The summed E-state index contributed by atoms with van der Waals surface area (Å²) in [6.07, 6.45) is 6.65. The fraction of sp³-hybridized carbons (Fsp3) is 0.667. The Balaban J connectivity index is 0.00000225. The van der Waals surface area contributed by atoms with Gasteiger partial charge in [0, 0.05) is 44.6 Å². The fourth-order valence-corrected chi connectivity index (χ4v) is 5.55. The number of halogens is 2. The molecule has 1 aromatic rings. The first-order chi connectivity index (χ1) is 13.1. The van der Waals surface area contributed by atoms with Crippen LogP contribution in [0.3, 0.4) is 0 Å². The van der Waals surface area contributed by atoms with E-state index in [4.69, 9.17) is 9.47 Å². The first kappa shape index (κ1) is 21.6. The molecule has 5 nitrogen and oxygen atoms in total. The number of methoxy groups -OCH3 is 1. The van der Waals surface area contributed by atoms with Crippen molar-refractivity contribution in [3.63, 3.8) is 0 Å². The van der Waals surface area contributed by atoms with Crippen LogP contribution in [0.5, 0.6) is 5.75 Å². The maximum absolute atomic E-state index is 14.0. The largest absolute Gasteiger partial charge is 0.494 e. The molecule has 3 fully saturated rings. The van der Waals surface area contributed by atoms with Crippen molar-refractivity contribution in [2.24, 2.45) is 16.3 Å². The van der Waals surface area contributed by atoms with E-state index in [-0.39, 0.29) is 41.0 Å². The summed E-state index contributed by atoms with van der Waals surface area (Å²) in [6, 6.07) is 5.54. The van der Waals surface area contributed by atoms with E-state index in [1.807, 2.05) is 20.2 Å². The second-order valence-corrected chi connectivity index (χ2v) is 8.18. The zero-order valence-corrected chi connectivity index (χ0v) is 19.2. The molecular formula is C21H31FIN3O2. The Hall–Kier alpha value is -1.09. The quantitative estimate of drug-likeness (QED) is 0.386. The molecule has 1 spiro atoms. The van der Waals surface area contributed by atoms with Crippen LogP contribution in [0, 0.1) is 17.2 Å². The molecule has 2 aliphatic carbocycles. The number of ether oxygens (including phenoxy) is 2. The van der Waals surface area contributed by atoms with Gasteiger partial charge in [-0.05, 0) is 37.0 Å². The Labute approximate surface area is 184 Å².